The second-order valence-corrected chi connectivity index (χ2v) is 6.10. The van der Waals surface area contributed by atoms with Gasteiger partial charge in [0.1, 0.15) is 5.82 Å². The Morgan fingerprint density at radius 3 is 3.14 bits per heavy atom. The van der Waals surface area contributed by atoms with E-state index in [1.54, 1.807) is 23.9 Å². The van der Waals surface area contributed by atoms with E-state index in [0.29, 0.717) is 17.1 Å². The second kappa shape index (κ2) is 6.07. The fourth-order valence-electron chi connectivity index (χ4n) is 2.40. The van der Waals surface area contributed by atoms with Crippen LogP contribution in [0.2, 0.25) is 5.02 Å². The molecular formula is C14H15ClN4OS. The summed E-state index contributed by atoms with van der Waals surface area (Å²) in [7, 11) is 0. The molecule has 0 atom stereocenters. The van der Waals surface area contributed by atoms with Crippen LogP contribution >= 0.6 is 23.4 Å². The summed E-state index contributed by atoms with van der Waals surface area (Å²) >= 11 is 7.68. The van der Waals surface area contributed by atoms with Gasteiger partial charge in [0.05, 0.1) is 17.1 Å². The van der Waals surface area contributed by atoms with Gasteiger partial charge in [0, 0.05) is 17.9 Å². The number of benzene rings is 1. The molecule has 5 nitrogen and oxygen atoms in total. The van der Waals surface area contributed by atoms with Crippen LogP contribution in [0.4, 0.5) is 0 Å². The SMILES string of the molecule is CSc1ccc(Cl)c(C(=O)NCc2nnc3n2CCC3)c1. The zero-order valence-corrected chi connectivity index (χ0v) is 13.2. The zero-order chi connectivity index (χ0) is 14.8. The van der Waals surface area contributed by atoms with Gasteiger partial charge in [-0.2, -0.15) is 0 Å². The number of hydrogen-bond acceptors (Lipinski definition) is 4. The molecule has 0 saturated heterocycles. The number of aryl methyl sites for hydroxylation is 1. The fourth-order valence-corrected chi connectivity index (χ4v) is 3.04. The Bertz CT molecular complexity index is 686. The molecule has 1 aromatic carbocycles. The monoisotopic (exact) mass is 322 g/mol. The van der Waals surface area contributed by atoms with E-state index in [1.807, 2.05) is 12.3 Å². The average Bonchev–Trinajstić information content (AvgIpc) is 3.09. The van der Waals surface area contributed by atoms with Crippen molar-refractivity contribution in [1.82, 2.24) is 20.1 Å². The molecule has 0 bridgehead atoms. The number of rotatable bonds is 4. The fraction of sp³-hybridized carbons (Fsp3) is 0.357. The Morgan fingerprint density at radius 2 is 2.33 bits per heavy atom. The van der Waals surface area contributed by atoms with Crippen LogP contribution in [-0.2, 0) is 19.5 Å². The van der Waals surface area contributed by atoms with E-state index >= 15 is 0 Å². The van der Waals surface area contributed by atoms with Crippen LogP contribution in [-0.4, -0.2) is 26.9 Å². The molecule has 1 aliphatic rings. The lowest BCUT2D eigenvalue weighted by Crippen LogP contribution is -2.25. The lowest BCUT2D eigenvalue weighted by Gasteiger charge is -2.08. The van der Waals surface area contributed by atoms with Gasteiger partial charge >= 0.3 is 0 Å². The van der Waals surface area contributed by atoms with Crippen LogP contribution in [0.5, 0.6) is 0 Å². The van der Waals surface area contributed by atoms with Gasteiger partial charge in [0.2, 0.25) is 0 Å². The summed E-state index contributed by atoms with van der Waals surface area (Å²) in [6, 6.07) is 5.45. The van der Waals surface area contributed by atoms with E-state index in [2.05, 4.69) is 20.1 Å². The highest BCUT2D eigenvalue weighted by atomic mass is 35.5. The average molecular weight is 323 g/mol. The van der Waals surface area contributed by atoms with E-state index in [0.717, 1.165) is 35.9 Å². The first-order valence-electron chi connectivity index (χ1n) is 6.71. The van der Waals surface area contributed by atoms with E-state index in [9.17, 15) is 4.79 Å². The molecule has 1 N–H and O–H groups in total. The van der Waals surface area contributed by atoms with Gasteiger partial charge in [0.15, 0.2) is 5.82 Å². The first-order valence-corrected chi connectivity index (χ1v) is 8.32. The molecule has 0 radical (unpaired) electrons. The molecule has 0 aliphatic carbocycles. The standard InChI is InChI=1S/C14H15ClN4OS/c1-21-9-4-5-11(15)10(7-9)14(20)16-8-13-18-17-12-3-2-6-19(12)13/h4-5,7H,2-3,6,8H2,1H3,(H,16,20). The molecule has 1 aliphatic heterocycles. The molecule has 0 fully saturated rings. The minimum Gasteiger partial charge on any atom is -0.345 e. The highest BCUT2D eigenvalue weighted by Gasteiger charge is 2.18. The van der Waals surface area contributed by atoms with Crippen molar-refractivity contribution >= 4 is 29.3 Å². The van der Waals surface area contributed by atoms with Crippen LogP contribution in [0, 0.1) is 0 Å². The first-order chi connectivity index (χ1) is 10.2. The summed E-state index contributed by atoms with van der Waals surface area (Å²) in [6.45, 7) is 1.29. The smallest absolute Gasteiger partial charge is 0.253 e. The van der Waals surface area contributed by atoms with Gasteiger partial charge in [-0.3, -0.25) is 4.79 Å². The molecule has 3 rings (SSSR count). The lowest BCUT2D eigenvalue weighted by atomic mass is 10.2. The van der Waals surface area contributed by atoms with Gasteiger partial charge in [0.25, 0.3) is 5.91 Å². The molecular weight excluding hydrogens is 308 g/mol. The minimum absolute atomic E-state index is 0.189. The third-order valence-electron chi connectivity index (χ3n) is 3.51. The summed E-state index contributed by atoms with van der Waals surface area (Å²) < 4.78 is 2.07. The first kappa shape index (κ1) is 14.4. The maximum absolute atomic E-state index is 12.3. The topological polar surface area (TPSA) is 59.8 Å². The maximum Gasteiger partial charge on any atom is 0.253 e. The number of carbonyl (C=O) groups is 1. The molecule has 1 amide bonds. The lowest BCUT2D eigenvalue weighted by molar-refractivity contribution is 0.0949. The molecule has 1 aromatic heterocycles. The molecule has 2 aromatic rings. The van der Waals surface area contributed by atoms with Crippen molar-refractivity contribution < 1.29 is 4.79 Å². The third-order valence-corrected chi connectivity index (χ3v) is 4.57. The van der Waals surface area contributed by atoms with E-state index < -0.39 is 0 Å². The number of thioether (sulfide) groups is 1. The third kappa shape index (κ3) is 2.91. The van der Waals surface area contributed by atoms with Crippen LogP contribution < -0.4 is 5.32 Å². The Hall–Kier alpha value is -1.53. The molecule has 21 heavy (non-hydrogen) atoms. The summed E-state index contributed by atoms with van der Waals surface area (Å²) in [5.41, 5.74) is 0.490. The number of nitrogens with one attached hydrogen (secondary N) is 1. The summed E-state index contributed by atoms with van der Waals surface area (Å²) in [4.78, 5) is 13.3. The van der Waals surface area contributed by atoms with Crippen LogP contribution in [0.15, 0.2) is 23.1 Å². The van der Waals surface area contributed by atoms with Crippen molar-refractivity contribution in [1.29, 1.82) is 0 Å². The molecule has 2 heterocycles. The number of nitrogens with zero attached hydrogens (tertiary/aromatic N) is 3. The van der Waals surface area contributed by atoms with Crippen molar-refractivity contribution in [3.8, 4) is 0 Å². The summed E-state index contributed by atoms with van der Waals surface area (Å²) in [5, 5.41) is 11.6. The van der Waals surface area contributed by atoms with E-state index in [4.69, 9.17) is 11.6 Å². The Balaban J connectivity index is 1.72. The van der Waals surface area contributed by atoms with Crippen LogP contribution in [0.3, 0.4) is 0 Å². The van der Waals surface area contributed by atoms with Crippen molar-refractivity contribution in [2.45, 2.75) is 30.8 Å². The van der Waals surface area contributed by atoms with Crippen molar-refractivity contribution in [2.75, 3.05) is 6.26 Å². The van der Waals surface area contributed by atoms with Crippen molar-refractivity contribution in [3.63, 3.8) is 0 Å². The number of carbonyl (C=O) groups excluding carboxylic acids is 1. The number of amides is 1. The highest BCUT2D eigenvalue weighted by molar-refractivity contribution is 7.98. The molecule has 0 spiro atoms. The summed E-state index contributed by atoms with van der Waals surface area (Å²) in [5.74, 6) is 1.61. The van der Waals surface area contributed by atoms with Crippen LogP contribution in [0.25, 0.3) is 0 Å². The number of hydrogen-bond donors (Lipinski definition) is 1. The Kier molecular flexibility index (Phi) is 4.17. The predicted molar refractivity (Wildman–Crippen MR) is 82.7 cm³/mol. The normalized spacial score (nSPS) is 13.2. The number of halogens is 1. The maximum atomic E-state index is 12.3. The van der Waals surface area contributed by atoms with Gasteiger partial charge < -0.3 is 9.88 Å². The van der Waals surface area contributed by atoms with Gasteiger partial charge in [-0.1, -0.05) is 11.6 Å². The Labute approximate surface area is 132 Å². The van der Waals surface area contributed by atoms with Crippen molar-refractivity contribution in [2.24, 2.45) is 0 Å². The van der Waals surface area contributed by atoms with Gasteiger partial charge in [-0.25, -0.2) is 0 Å². The minimum atomic E-state index is -0.189. The highest BCUT2D eigenvalue weighted by Crippen LogP contribution is 2.23. The zero-order valence-electron chi connectivity index (χ0n) is 11.6. The van der Waals surface area contributed by atoms with Gasteiger partial charge in [-0.15, -0.1) is 22.0 Å². The van der Waals surface area contributed by atoms with E-state index in [1.165, 1.54) is 0 Å². The molecule has 7 heteroatoms. The number of aromatic nitrogens is 3. The van der Waals surface area contributed by atoms with E-state index in [-0.39, 0.29) is 5.91 Å². The van der Waals surface area contributed by atoms with Gasteiger partial charge in [-0.05, 0) is 30.9 Å². The second-order valence-electron chi connectivity index (χ2n) is 4.82. The van der Waals surface area contributed by atoms with Crippen molar-refractivity contribution in [3.05, 3.63) is 40.4 Å². The largest absolute Gasteiger partial charge is 0.345 e. The summed E-state index contributed by atoms with van der Waals surface area (Å²) in [6.07, 6.45) is 4.01. The molecule has 110 valence electrons. The molecule has 0 saturated carbocycles. The Morgan fingerprint density at radius 1 is 1.48 bits per heavy atom. The predicted octanol–water partition coefficient (Wildman–Crippen LogP) is 2.53. The quantitative estimate of drug-likeness (QED) is 0.879. The molecule has 0 unspecified atom stereocenters. The van der Waals surface area contributed by atoms with Crippen LogP contribution in [0.1, 0.15) is 28.4 Å². The number of fused-ring (bicyclic) bond motifs is 1.